The van der Waals surface area contributed by atoms with Gasteiger partial charge < -0.3 is 5.73 Å². The molecule has 70 valence electrons. The Hall–Kier alpha value is -0.870. The second kappa shape index (κ2) is 3.89. The van der Waals surface area contributed by atoms with E-state index < -0.39 is 11.7 Å². The molecule has 0 aliphatic heterocycles. The van der Waals surface area contributed by atoms with Crippen molar-refractivity contribution >= 4 is 29.1 Å². The van der Waals surface area contributed by atoms with Gasteiger partial charge in [0, 0.05) is 5.56 Å². The van der Waals surface area contributed by atoms with E-state index in [0.717, 1.165) is 6.07 Å². The predicted molar refractivity (Wildman–Crippen MR) is 47.1 cm³/mol. The van der Waals surface area contributed by atoms with Gasteiger partial charge in [0.25, 0.3) is 0 Å². The molecule has 0 aliphatic rings. The third kappa shape index (κ3) is 2.54. The van der Waals surface area contributed by atoms with E-state index in [1.165, 1.54) is 0 Å². The van der Waals surface area contributed by atoms with Crippen LogP contribution in [0.25, 0.3) is 0 Å². The topological polar surface area (TPSA) is 56.0 Å². The maximum Gasteiger partial charge on any atom is 0.221 e. The van der Waals surface area contributed by atoms with Gasteiger partial charge in [0.15, 0.2) is 11.0 Å². The van der Waals surface area contributed by atoms with E-state index in [1.54, 1.807) is 0 Å². The fourth-order valence-electron chi connectivity index (χ4n) is 0.795. The molecular formula is C7H5Cl2FN2O. The number of aromatic nitrogens is 1. The highest BCUT2D eigenvalue weighted by atomic mass is 35.5. The molecule has 1 aromatic heterocycles. The lowest BCUT2D eigenvalue weighted by Crippen LogP contribution is -2.14. The van der Waals surface area contributed by atoms with Gasteiger partial charge in [0.05, 0.1) is 6.42 Å². The molecule has 0 unspecified atom stereocenters. The van der Waals surface area contributed by atoms with Crippen molar-refractivity contribution in [3.8, 4) is 0 Å². The predicted octanol–water partition coefficient (Wildman–Crippen LogP) is 1.56. The zero-order valence-corrected chi connectivity index (χ0v) is 7.86. The molecule has 1 amide bonds. The van der Waals surface area contributed by atoms with E-state index in [1.807, 2.05) is 0 Å². The van der Waals surface area contributed by atoms with E-state index in [9.17, 15) is 9.18 Å². The van der Waals surface area contributed by atoms with Crippen molar-refractivity contribution in [3.05, 3.63) is 27.8 Å². The van der Waals surface area contributed by atoms with Crippen LogP contribution in [0.4, 0.5) is 4.39 Å². The number of carbonyl (C=O) groups is 1. The normalized spacial score (nSPS) is 10.1. The minimum absolute atomic E-state index is 0.00907. The molecule has 6 heteroatoms. The van der Waals surface area contributed by atoms with Crippen LogP contribution in [-0.2, 0) is 11.2 Å². The van der Waals surface area contributed by atoms with Gasteiger partial charge in [-0.05, 0) is 6.07 Å². The van der Waals surface area contributed by atoms with Gasteiger partial charge in [-0.25, -0.2) is 9.37 Å². The Labute approximate surface area is 83.7 Å². The fraction of sp³-hybridized carbons (Fsp3) is 0.143. The van der Waals surface area contributed by atoms with Gasteiger partial charge in [-0.3, -0.25) is 4.79 Å². The number of nitrogens with zero attached hydrogens (tertiary/aromatic N) is 1. The third-order valence-corrected chi connectivity index (χ3v) is 1.92. The molecule has 0 saturated carbocycles. The maximum absolute atomic E-state index is 12.8. The van der Waals surface area contributed by atoms with Crippen LogP contribution in [0.5, 0.6) is 0 Å². The van der Waals surface area contributed by atoms with Crippen molar-refractivity contribution in [2.45, 2.75) is 6.42 Å². The smallest absolute Gasteiger partial charge is 0.221 e. The van der Waals surface area contributed by atoms with Crippen LogP contribution in [0, 0.1) is 5.82 Å². The lowest BCUT2D eigenvalue weighted by Gasteiger charge is -2.01. The van der Waals surface area contributed by atoms with E-state index in [4.69, 9.17) is 28.9 Å². The first-order chi connectivity index (χ1) is 6.00. The lowest BCUT2D eigenvalue weighted by molar-refractivity contribution is -0.117. The van der Waals surface area contributed by atoms with Gasteiger partial charge in [0.1, 0.15) is 5.15 Å². The molecule has 0 aliphatic carbocycles. The summed E-state index contributed by atoms with van der Waals surface area (Å²) in [4.78, 5) is 14.0. The summed E-state index contributed by atoms with van der Waals surface area (Å²) in [6, 6.07) is 1.04. The summed E-state index contributed by atoms with van der Waals surface area (Å²) < 4.78 is 12.8. The number of hydrogen-bond donors (Lipinski definition) is 1. The molecule has 0 fully saturated rings. The molecule has 3 nitrogen and oxygen atoms in total. The maximum atomic E-state index is 12.8. The molecule has 13 heavy (non-hydrogen) atoms. The summed E-state index contributed by atoms with van der Waals surface area (Å²) in [5, 5.41) is -0.330. The summed E-state index contributed by atoms with van der Waals surface area (Å²) in [5.41, 5.74) is 5.13. The Morgan fingerprint density at radius 1 is 1.54 bits per heavy atom. The first-order valence-electron chi connectivity index (χ1n) is 3.29. The Morgan fingerprint density at radius 3 is 2.69 bits per heavy atom. The minimum Gasteiger partial charge on any atom is -0.369 e. The average molecular weight is 223 g/mol. The summed E-state index contributed by atoms with van der Waals surface area (Å²) in [6.45, 7) is 0. The molecule has 0 spiro atoms. The highest BCUT2D eigenvalue weighted by Crippen LogP contribution is 2.20. The van der Waals surface area contributed by atoms with Gasteiger partial charge in [-0.2, -0.15) is 0 Å². The van der Waals surface area contributed by atoms with Gasteiger partial charge >= 0.3 is 0 Å². The van der Waals surface area contributed by atoms with Crippen LogP contribution in [0.15, 0.2) is 6.07 Å². The lowest BCUT2D eigenvalue weighted by atomic mass is 10.2. The number of amides is 1. The third-order valence-electron chi connectivity index (χ3n) is 1.32. The number of carbonyl (C=O) groups excluding carboxylic acids is 1. The quantitative estimate of drug-likeness (QED) is 0.773. The molecule has 0 atom stereocenters. The molecule has 1 heterocycles. The Bertz CT molecular complexity index is 357. The first kappa shape index (κ1) is 10.2. The van der Waals surface area contributed by atoms with Crippen LogP contribution in [0.3, 0.4) is 0 Å². The van der Waals surface area contributed by atoms with Crippen molar-refractivity contribution in [1.82, 2.24) is 4.98 Å². The van der Waals surface area contributed by atoms with Gasteiger partial charge in [-0.1, -0.05) is 23.2 Å². The van der Waals surface area contributed by atoms with Crippen molar-refractivity contribution < 1.29 is 9.18 Å². The number of primary amides is 1. The van der Waals surface area contributed by atoms with Crippen molar-refractivity contribution in [2.75, 3.05) is 0 Å². The Morgan fingerprint density at radius 2 is 2.15 bits per heavy atom. The molecule has 0 aromatic carbocycles. The SMILES string of the molecule is NC(=O)Cc1cc(F)c(Cl)nc1Cl. The molecule has 1 aromatic rings. The average Bonchev–Trinajstić information content (AvgIpc) is 1.99. The fourth-order valence-corrected chi connectivity index (χ4v) is 1.18. The molecule has 1 rings (SSSR count). The molecule has 2 N–H and O–H groups in total. The standard InChI is InChI=1S/C7H5Cl2FN2O/c8-6-3(2-5(11)13)1-4(10)7(9)12-6/h1H,2H2,(H2,11,13). The summed E-state index contributed by atoms with van der Waals surface area (Å²) >= 11 is 10.9. The van der Waals surface area contributed by atoms with E-state index in [-0.39, 0.29) is 22.3 Å². The highest BCUT2D eigenvalue weighted by molar-refractivity contribution is 6.33. The van der Waals surface area contributed by atoms with Gasteiger partial charge in [-0.15, -0.1) is 0 Å². The van der Waals surface area contributed by atoms with Crippen molar-refractivity contribution in [3.63, 3.8) is 0 Å². The van der Waals surface area contributed by atoms with Crippen LogP contribution in [-0.4, -0.2) is 10.9 Å². The summed E-state index contributed by atoms with van der Waals surface area (Å²) in [6.07, 6.45) is -0.153. The number of rotatable bonds is 2. The zero-order chi connectivity index (χ0) is 10.0. The number of pyridine rings is 1. The van der Waals surface area contributed by atoms with E-state index in [0.29, 0.717) is 0 Å². The van der Waals surface area contributed by atoms with E-state index >= 15 is 0 Å². The molecule has 0 saturated heterocycles. The van der Waals surface area contributed by atoms with E-state index in [2.05, 4.69) is 4.98 Å². The molecule has 0 radical (unpaired) electrons. The largest absolute Gasteiger partial charge is 0.369 e. The molecule has 0 bridgehead atoms. The molecular weight excluding hydrogens is 218 g/mol. The van der Waals surface area contributed by atoms with Crippen LogP contribution < -0.4 is 5.73 Å². The highest BCUT2D eigenvalue weighted by Gasteiger charge is 2.10. The van der Waals surface area contributed by atoms with Crippen LogP contribution >= 0.6 is 23.2 Å². The zero-order valence-electron chi connectivity index (χ0n) is 6.35. The number of nitrogens with two attached hydrogens (primary N) is 1. The van der Waals surface area contributed by atoms with Crippen molar-refractivity contribution in [2.24, 2.45) is 5.73 Å². The summed E-state index contributed by atoms with van der Waals surface area (Å²) in [5.74, 6) is -1.33. The summed E-state index contributed by atoms with van der Waals surface area (Å²) in [7, 11) is 0. The second-order valence-corrected chi connectivity index (χ2v) is 3.07. The Kier molecular flexibility index (Phi) is 3.06. The monoisotopic (exact) mass is 222 g/mol. The number of hydrogen-bond acceptors (Lipinski definition) is 2. The van der Waals surface area contributed by atoms with Crippen molar-refractivity contribution in [1.29, 1.82) is 0 Å². The Balaban J connectivity index is 3.08. The van der Waals surface area contributed by atoms with Gasteiger partial charge in [0.2, 0.25) is 5.91 Å². The second-order valence-electron chi connectivity index (χ2n) is 2.35. The minimum atomic E-state index is -0.720. The van der Waals surface area contributed by atoms with Crippen LogP contribution in [0.2, 0.25) is 10.3 Å². The van der Waals surface area contributed by atoms with Crippen LogP contribution in [0.1, 0.15) is 5.56 Å². The first-order valence-corrected chi connectivity index (χ1v) is 4.05. The number of halogens is 3.